The summed E-state index contributed by atoms with van der Waals surface area (Å²) in [6.07, 6.45) is 1.19. The maximum absolute atomic E-state index is 2.45. The molecular weight excluding hydrogens is 493 g/mol. The first-order valence-electron chi connectivity index (χ1n) is 10.1. The molecule has 3 heteroatoms. The molecule has 154 valence electrons. The molecule has 0 aliphatic rings. The molecule has 0 radical (unpaired) electrons. The van der Waals surface area contributed by atoms with Gasteiger partial charge >= 0.3 is 0 Å². The van der Waals surface area contributed by atoms with Gasteiger partial charge in [-0.15, -0.1) is 0 Å². The summed E-state index contributed by atoms with van der Waals surface area (Å²) >= 11 is 0. The number of rotatable bonds is 7. The van der Waals surface area contributed by atoms with Crippen molar-refractivity contribution in [3.63, 3.8) is 0 Å². The van der Waals surface area contributed by atoms with Crippen LogP contribution in [0.1, 0.15) is 6.92 Å². The summed E-state index contributed by atoms with van der Waals surface area (Å²) in [5.74, 6) is 0. The molecule has 0 amide bonds. The SMILES string of the molecule is CC(CP(c1ccccc1)c1ccccc1)P(c1ccccc1)c1ccccc1.[Pd]. The van der Waals surface area contributed by atoms with Gasteiger partial charge in [0.25, 0.3) is 0 Å². The molecule has 4 aromatic carbocycles. The summed E-state index contributed by atoms with van der Waals surface area (Å²) in [7, 11) is -0.796. The van der Waals surface area contributed by atoms with Crippen molar-refractivity contribution >= 4 is 37.1 Å². The van der Waals surface area contributed by atoms with Gasteiger partial charge in [-0.3, -0.25) is 0 Å². The predicted octanol–water partition coefficient (Wildman–Crippen LogP) is 5.64. The van der Waals surface area contributed by atoms with Gasteiger partial charge in [-0.2, -0.15) is 0 Å². The van der Waals surface area contributed by atoms with Crippen LogP contribution in [-0.2, 0) is 20.4 Å². The Kier molecular flexibility index (Phi) is 9.00. The molecular formula is C27H26P2Pd. The van der Waals surface area contributed by atoms with Crippen molar-refractivity contribution in [1.82, 2.24) is 0 Å². The van der Waals surface area contributed by atoms with Crippen molar-refractivity contribution < 1.29 is 20.4 Å². The van der Waals surface area contributed by atoms with E-state index in [-0.39, 0.29) is 28.3 Å². The van der Waals surface area contributed by atoms with E-state index in [9.17, 15) is 0 Å². The van der Waals surface area contributed by atoms with E-state index in [1.54, 1.807) is 0 Å². The van der Waals surface area contributed by atoms with Gasteiger partial charge in [0.15, 0.2) is 0 Å². The fourth-order valence-corrected chi connectivity index (χ4v) is 9.51. The van der Waals surface area contributed by atoms with E-state index in [4.69, 9.17) is 0 Å². The molecule has 0 bridgehead atoms. The monoisotopic (exact) mass is 518 g/mol. The van der Waals surface area contributed by atoms with E-state index in [0.717, 1.165) is 0 Å². The van der Waals surface area contributed by atoms with Gasteiger partial charge in [0.05, 0.1) is 0 Å². The molecule has 0 spiro atoms. The Morgan fingerprint density at radius 3 is 1.13 bits per heavy atom. The quantitative estimate of drug-likeness (QED) is 0.219. The summed E-state index contributed by atoms with van der Waals surface area (Å²) in [6, 6.07) is 44.3. The van der Waals surface area contributed by atoms with Crippen LogP contribution >= 0.6 is 15.8 Å². The number of benzene rings is 4. The van der Waals surface area contributed by atoms with Gasteiger partial charge in [0, 0.05) is 20.4 Å². The van der Waals surface area contributed by atoms with Gasteiger partial charge in [-0.25, -0.2) is 0 Å². The van der Waals surface area contributed by atoms with Crippen LogP contribution < -0.4 is 21.2 Å². The molecule has 0 fully saturated rings. The van der Waals surface area contributed by atoms with Crippen molar-refractivity contribution in [3.8, 4) is 0 Å². The average molecular weight is 519 g/mol. The van der Waals surface area contributed by atoms with Gasteiger partial charge in [-0.05, 0) is 48.9 Å². The Bertz CT molecular complexity index is 913. The maximum Gasteiger partial charge on any atom is 0 e. The summed E-state index contributed by atoms with van der Waals surface area (Å²) in [5.41, 5.74) is 0.585. The van der Waals surface area contributed by atoms with Crippen LogP contribution in [0, 0.1) is 0 Å². The minimum Gasteiger partial charge on any atom is -0.0622 e. The zero-order valence-corrected chi connectivity index (χ0v) is 20.4. The number of hydrogen-bond acceptors (Lipinski definition) is 0. The molecule has 0 heterocycles. The molecule has 0 aliphatic heterocycles. The van der Waals surface area contributed by atoms with Crippen molar-refractivity contribution in [2.75, 3.05) is 6.16 Å². The van der Waals surface area contributed by atoms with Crippen molar-refractivity contribution in [1.29, 1.82) is 0 Å². The van der Waals surface area contributed by atoms with Gasteiger partial charge in [0.1, 0.15) is 0 Å². The smallest absolute Gasteiger partial charge is 0 e. The summed E-state index contributed by atoms with van der Waals surface area (Å²) in [4.78, 5) is 0. The van der Waals surface area contributed by atoms with Crippen LogP contribution in [0.2, 0.25) is 0 Å². The molecule has 4 aromatic rings. The van der Waals surface area contributed by atoms with Gasteiger partial charge in [-0.1, -0.05) is 128 Å². The molecule has 1 unspecified atom stereocenters. The van der Waals surface area contributed by atoms with Crippen LogP contribution in [-0.4, -0.2) is 11.8 Å². The van der Waals surface area contributed by atoms with E-state index >= 15 is 0 Å². The predicted molar refractivity (Wildman–Crippen MR) is 132 cm³/mol. The molecule has 0 N–H and O–H groups in total. The Hall–Kier alpha value is -1.60. The normalized spacial score (nSPS) is 11.8. The molecule has 0 saturated heterocycles. The zero-order chi connectivity index (χ0) is 19.9. The molecule has 0 aliphatic carbocycles. The third-order valence-electron chi connectivity index (χ3n) is 5.09. The van der Waals surface area contributed by atoms with Crippen molar-refractivity contribution in [2.45, 2.75) is 12.6 Å². The second-order valence-corrected chi connectivity index (χ2v) is 12.1. The summed E-state index contributed by atoms with van der Waals surface area (Å²) in [5, 5.41) is 5.88. The first-order valence-corrected chi connectivity index (χ1v) is 13.0. The largest absolute Gasteiger partial charge is 0.0622 e. The minimum absolute atomic E-state index is 0. The topological polar surface area (TPSA) is 0 Å². The van der Waals surface area contributed by atoms with Crippen LogP contribution in [0.25, 0.3) is 0 Å². The maximum atomic E-state index is 2.45. The van der Waals surface area contributed by atoms with Crippen LogP contribution in [0.15, 0.2) is 121 Å². The van der Waals surface area contributed by atoms with Crippen LogP contribution in [0.3, 0.4) is 0 Å². The third kappa shape index (κ3) is 5.76. The Morgan fingerprint density at radius 1 is 0.500 bits per heavy atom. The first-order chi connectivity index (χ1) is 14.3. The molecule has 4 rings (SSSR count). The van der Waals surface area contributed by atoms with E-state index in [1.165, 1.54) is 27.4 Å². The average Bonchev–Trinajstić information content (AvgIpc) is 2.80. The van der Waals surface area contributed by atoms with E-state index in [1.807, 2.05) is 0 Å². The Balaban J connectivity index is 0.00000256. The van der Waals surface area contributed by atoms with Crippen molar-refractivity contribution in [3.05, 3.63) is 121 Å². The van der Waals surface area contributed by atoms with Gasteiger partial charge in [0.2, 0.25) is 0 Å². The van der Waals surface area contributed by atoms with E-state index < -0.39 is 7.92 Å². The van der Waals surface area contributed by atoms with Crippen molar-refractivity contribution in [2.24, 2.45) is 0 Å². The first kappa shape index (κ1) is 23.1. The van der Waals surface area contributed by atoms with E-state index in [2.05, 4.69) is 128 Å². The van der Waals surface area contributed by atoms with Gasteiger partial charge < -0.3 is 0 Å². The summed E-state index contributed by atoms with van der Waals surface area (Å²) < 4.78 is 0. The Labute approximate surface area is 196 Å². The standard InChI is InChI=1S/C27H26P2.Pd/c1-23(29(26-18-10-4-11-19-26)27-20-12-5-13-21-27)22-28(24-14-6-2-7-15-24)25-16-8-3-9-17-25;/h2-21,23H,22H2,1H3;. The molecule has 0 saturated carbocycles. The minimum atomic E-state index is -0.409. The summed E-state index contributed by atoms with van der Waals surface area (Å²) in [6.45, 7) is 2.45. The second-order valence-electron chi connectivity index (χ2n) is 7.17. The molecule has 0 aromatic heterocycles. The number of hydrogen-bond donors (Lipinski definition) is 0. The fourth-order valence-electron chi connectivity index (χ4n) is 3.76. The molecule has 1 atom stereocenters. The molecule has 0 nitrogen and oxygen atoms in total. The van der Waals surface area contributed by atoms with Crippen LogP contribution in [0.4, 0.5) is 0 Å². The Morgan fingerprint density at radius 2 is 0.800 bits per heavy atom. The third-order valence-corrected chi connectivity index (χ3v) is 10.9. The van der Waals surface area contributed by atoms with E-state index in [0.29, 0.717) is 5.66 Å². The van der Waals surface area contributed by atoms with Crippen LogP contribution in [0.5, 0.6) is 0 Å². The molecule has 30 heavy (non-hydrogen) atoms. The fraction of sp³-hybridized carbons (Fsp3) is 0.111. The zero-order valence-electron chi connectivity index (χ0n) is 17.0. The second kappa shape index (κ2) is 11.7.